The number of aryl methyl sites for hydroxylation is 1. The molecule has 0 aliphatic heterocycles. The molecule has 0 aliphatic carbocycles. The fourth-order valence-electron chi connectivity index (χ4n) is 2.77. The Balaban J connectivity index is 0.00000420. The van der Waals surface area contributed by atoms with Crippen LogP contribution in [0.2, 0.25) is 0 Å². The van der Waals surface area contributed by atoms with Crippen LogP contribution in [0.4, 0.5) is 0 Å². The lowest BCUT2D eigenvalue weighted by Crippen LogP contribution is -2.38. The summed E-state index contributed by atoms with van der Waals surface area (Å²) in [5, 5.41) is 6.63. The predicted octanol–water partition coefficient (Wildman–Crippen LogP) is 3.19. The maximum atomic E-state index is 5.56. The van der Waals surface area contributed by atoms with Gasteiger partial charge in [-0.2, -0.15) is 0 Å². The molecule has 0 spiro atoms. The normalized spacial score (nSPS) is 11.5. The van der Waals surface area contributed by atoms with E-state index in [1.54, 1.807) is 0 Å². The minimum absolute atomic E-state index is 0. The number of imidazole rings is 1. The van der Waals surface area contributed by atoms with Gasteiger partial charge in [0.25, 0.3) is 0 Å². The summed E-state index contributed by atoms with van der Waals surface area (Å²) in [7, 11) is 0. The number of guanidine groups is 1. The van der Waals surface area contributed by atoms with Gasteiger partial charge in [-0.1, -0.05) is 19.4 Å². The van der Waals surface area contributed by atoms with Crippen molar-refractivity contribution in [3.05, 3.63) is 35.8 Å². The van der Waals surface area contributed by atoms with Gasteiger partial charge in [0.15, 0.2) is 5.96 Å². The predicted molar refractivity (Wildman–Crippen MR) is 130 cm³/mol. The highest BCUT2D eigenvalue weighted by Crippen LogP contribution is 2.09. The van der Waals surface area contributed by atoms with Gasteiger partial charge in [0.05, 0.1) is 32.1 Å². The molecule has 2 rings (SSSR count). The molecule has 0 aromatic carbocycles. The molecule has 2 N–H and O–H groups in total. The first-order valence-corrected chi connectivity index (χ1v) is 10.4. The van der Waals surface area contributed by atoms with E-state index in [1.165, 1.54) is 5.56 Å². The van der Waals surface area contributed by atoms with Gasteiger partial charge in [-0.05, 0) is 31.9 Å². The topological polar surface area (TPSA) is 72.2 Å². The highest BCUT2D eigenvalue weighted by atomic mass is 127. The van der Waals surface area contributed by atoms with Gasteiger partial charge < -0.3 is 24.5 Å². The van der Waals surface area contributed by atoms with E-state index in [9.17, 15) is 0 Å². The molecule has 0 radical (unpaired) electrons. The number of nitrogens with zero attached hydrogens (tertiary/aromatic N) is 3. The van der Waals surface area contributed by atoms with Crippen LogP contribution in [0.1, 0.15) is 37.9 Å². The third-order valence-corrected chi connectivity index (χ3v) is 4.27. The van der Waals surface area contributed by atoms with Crippen molar-refractivity contribution in [2.75, 3.05) is 46.1 Å². The molecule has 29 heavy (non-hydrogen) atoms. The molecule has 7 nitrogen and oxygen atoms in total. The van der Waals surface area contributed by atoms with Gasteiger partial charge >= 0.3 is 0 Å². The third kappa shape index (κ3) is 9.77. The number of halogens is 1. The van der Waals surface area contributed by atoms with Crippen molar-refractivity contribution < 1.29 is 9.47 Å². The molecule has 2 aromatic heterocycles. The van der Waals surface area contributed by atoms with Crippen LogP contribution in [0, 0.1) is 6.92 Å². The molecule has 2 heterocycles. The highest BCUT2D eigenvalue weighted by molar-refractivity contribution is 14.0. The summed E-state index contributed by atoms with van der Waals surface area (Å²) in [5.74, 6) is 0.810. The smallest absolute Gasteiger partial charge is 0.191 e. The number of hydrogen-bond donors (Lipinski definition) is 2. The Labute approximate surface area is 191 Å². The van der Waals surface area contributed by atoms with Crippen LogP contribution >= 0.6 is 24.0 Å². The lowest BCUT2D eigenvalue weighted by molar-refractivity contribution is 0.0497. The molecule has 0 fully saturated rings. The van der Waals surface area contributed by atoms with Crippen molar-refractivity contribution in [3.8, 4) is 0 Å². The monoisotopic (exact) mass is 517 g/mol. The maximum absolute atomic E-state index is 5.56. The van der Waals surface area contributed by atoms with Crippen LogP contribution in [-0.2, 0) is 15.9 Å². The van der Waals surface area contributed by atoms with E-state index in [2.05, 4.69) is 53.1 Å². The highest BCUT2D eigenvalue weighted by Gasteiger charge is 2.04. The fraction of sp³-hybridized carbons (Fsp3) is 0.619. The molecule has 0 saturated heterocycles. The second-order valence-electron chi connectivity index (χ2n) is 6.67. The summed E-state index contributed by atoms with van der Waals surface area (Å²) in [5.41, 5.74) is 3.28. The van der Waals surface area contributed by atoms with Gasteiger partial charge in [-0.3, -0.25) is 4.99 Å². The van der Waals surface area contributed by atoms with E-state index >= 15 is 0 Å². The van der Waals surface area contributed by atoms with Crippen molar-refractivity contribution >= 4 is 35.6 Å². The molecule has 8 heteroatoms. The van der Waals surface area contributed by atoms with Crippen LogP contribution in [0.15, 0.2) is 29.5 Å². The van der Waals surface area contributed by atoms with Gasteiger partial charge in [0, 0.05) is 38.5 Å². The number of aliphatic imine (C=N–C) groups is 1. The Bertz CT molecular complexity index is 720. The Kier molecular flexibility index (Phi) is 13.7. The molecule has 2 aromatic rings. The van der Waals surface area contributed by atoms with E-state index in [0.717, 1.165) is 56.3 Å². The molecule has 0 saturated carbocycles. The summed E-state index contributed by atoms with van der Waals surface area (Å²) in [6.45, 7) is 11.2. The average Bonchev–Trinajstić information content (AvgIpc) is 3.11. The van der Waals surface area contributed by atoms with Gasteiger partial charge in [0.2, 0.25) is 0 Å². The average molecular weight is 517 g/mol. The summed E-state index contributed by atoms with van der Waals surface area (Å²) >= 11 is 0. The summed E-state index contributed by atoms with van der Waals surface area (Å²) in [6, 6.07) is 4.13. The Morgan fingerprint density at radius 3 is 2.66 bits per heavy atom. The number of hydrogen-bond acceptors (Lipinski definition) is 4. The minimum atomic E-state index is 0. The minimum Gasteiger partial charge on any atom is -0.379 e. The molecule has 0 unspecified atom stereocenters. The van der Waals surface area contributed by atoms with E-state index in [-0.39, 0.29) is 24.0 Å². The zero-order valence-corrected chi connectivity index (χ0v) is 20.3. The first-order valence-electron chi connectivity index (χ1n) is 10.4. The molecular weight excluding hydrogens is 481 g/mol. The van der Waals surface area contributed by atoms with E-state index < -0.39 is 0 Å². The molecule has 164 valence electrons. The van der Waals surface area contributed by atoms with Crippen molar-refractivity contribution in [2.45, 2.75) is 40.0 Å². The van der Waals surface area contributed by atoms with Gasteiger partial charge in [-0.25, -0.2) is 4.98 Å². The number of fused-ring (bicyclic) bond motifs is 1. The lowest BCUT2D eigenvalue weighted by atomic mass is 10.3. The van der Waals surface area contributed by atoms with E-state index in [0.29, 0.717) is 26.4 Å². The lowest BCUT2D eigenvalue weighted by Gasteiger charge is -2.10. The van der Waals surface area contributed by atoms with E-state index in [1.807, 2.05) is 12.3 Å². The zero-order valence-electron chi connectivity index (χ0n) is 17.9. The SMILES string of the molecule is CCCCOCCOCCN=C(NCC)NCCc1cn2cccc(C)c2n1.I. The second kappa shape index (κ2) is 15.4. The number of pyridine rings is 1. The largest absolute Gasteiger partial charge is 0.379 e. The Morgan fingerprint density at radius 2 is 1.93 bits per heavy atom. The standard InChI is InChI=1S/C21H35N5O2.HI/c1-4-6-13-27-15-16-28-14-11-24-21(22-5-2)23-10-9-19-17-26-12-7-8-18(3)20(26)25-19;/h7-8,12,17H,4-6,9-11,13-16H2,1-3H3,(H2,22,23,24);1H. The third-order valence-electron chi connectivity index (χ3n) is 4.27. The summed E-state index contributed by atoms with van der Waals surface area (Å²) < 4.78 is 13.1. The number of nitrogens with one attached hydrogen (secondary N) is 2. The van der Waals surface area contributed by atoms with Crippen molar-refractivity contribution in [2.24, 2.45) is 4.99 Å². The van der Waals surface area contributed by atoms with Crippen molar-refractivity contribution in [3.63, 3.8) is 0 Å². The van der Waals surface area contributed by atoms with Gasteiger partial charge in [0.1, 0.15) is 5.65 Å². The molecule has 0 aliphatic rings. The van der Waals surface area contributed by atoms with Crippen LogP contribution in [0.25, 0.3) is 5.65 Å². The molecular formula is C21H36IN5O2. The first kappa shape index (κ1) is 25.6. The molecule has 0 atom stereocenters. The molecule has 0 bridgehead atoms. The first-order chi connectivity index (χ1) is 13.7. The Hall–Kier alpha value is -1.39. The fourth-order valence-corrected chi connectivity index (χ4v) is 2.77. The van der Waals surface area contributed by atoms with Crippen LogP contribution in [-0.4, -0.2) is 61.4 Å². The number of unbranched alkanes of at least 4 members (excludes halogenated alkanes) is 1. The second-order valence-corrected chi connectivity index (χ2v) is 6.67. The number of rotatable bonds is 13. The van der Waals surface area contributed by atoms with Gasteiger partial charge in [-0.15, -0.1) is 24.0 Å². The van der Waals surface area contributed by atoms with Crippen LogP contribution in [0.5, 0.6) is 0 Å². The molecule has 0 amide bonds. The van der Waals surface area contributed by atoms with E-state index in [4.69, 9.17) is 14.5 Å². The number of aromatic nitrogens is 2. The quantitative estimate of drug-likeness (QED) is 0.185. The zero-order chi connectivity index (χ0) is 20.0. The Morgan fingerprint density at radius 1 is 1.14 bits per heavy atom. The van der Waals surface area contributed by atoms with Crippen LogP contribution < -0.4 is 10.6 Å². The van der Waals surface area contributed by atoms with Crippen LogP contribution in [0.3, 0.4) is 0 Å². The van der Waals surface area contributed by atoms with Crippen molar-refractivity contribution in [1.29, 1.82) is 0 Å². The summed E-state index contributed by atoms with van der Waals surface area (Å²) in [4.78, 5) is 9.26. The number of ether oxygens (including phenoxy) is 2. The summed E-state index contributed by atoms with van der Waals surface area (Å²) in [6.07, 6.45) is 7.23. The van der Waals surface area contributed by atoms with Crippen molar-refractivity contribution in [1.82, 2.24) is 20.0 Å². The maximum Gasteiger partial charge on any atom is 0.191 e.